The molecule has 0 fully saturated rings. The highest BCUT2D eigenvalue weighted by molar-refractivity contribution is 5.91. The minimum absolute atomic E-state index is 0.128. The fourth-order valence-corrected chi connectivity index (χ4v) is 3.78. The number of amides is 1. The zero-order valence-electron chi connectivity index (χ0n) is 16.5. The number of rotatable bonds is 5. The van der Waals surface area contributed by atoms with Crippen molar-refractivity contribution in [3.05, 3.63) is 95.8 Å². The van der Waals surface area contributed by atoms with Gasteiger partial charge in [-0.3, -0.25) is 4.79 Å². The molecule has 2 N–H and O–H groups in total. The lowest BCUT2D eigenvalue weighted by atomic mass is 9.85. The number of imidazole rings is 1. The topological polar surface area (TPSA) is 67.2 Å². The molecule has 0 spiro atoms. The molecule has 3 aromatic carbocycles. The van der Waals surface area contributed by atoms with E-state index in [4.69, 9.17) is 4.98 Å². The molecule has 4 aromatic rings. The molecule has 5 nitrogen and oxygen atoms in total. The normalized spacial score (nSPS) is 11.6. The number of nitrogens with zero attached hydrogens (tertiary/aromatic N) is 2. The lowest BCUT2D eigenvalue weighted by Crippen LogP contribution is -2.32. The largest absolute Gasteiger partial charge is 0.373 e. The number of carbonyl (C=O) groups excluding carboxylic acids is 1. The third kappa shape index (κ3) is 3.30. The standard InChI is InChI=1S/C24H23N3O2/c1-3-27-22-16-20(25-17(2)28)14-15-21(22)26-23(27)24(29,18-10-6-4-7-11-18)19-12-8-5-9-13-19/h4-16,29H,3H2,1-2H3,(H,25,28). The molecule has 0 aliphatic heterocycles. The number of hydrogen-bond donors (Lipinski definition) is 2. The van der Waals surface area contributed by atoms with Crippen LogP contribution in [0.5, 0.6) is 0 Å². The van der Waals surface area contributed by atoms with Crippen molar-refractivity contribution in [2.75, 3.05) is 5.32 Å². The number of anilines is 1. The van der Waals surface area contributed by atoms with Crippen LogP contribution in [-0.2, 0) is 16.9 Å². The van der Waals surface area contributed by atoms with E-state index < -0.39 is 5.60 Å². The Kier molecular flexibility index (Phi) is 4.91. The molecular formula is C24H23N3O2. The highest BCUT2D eigenvalue weighted by Crippen LogP contribution is 2.38. The summed E-state index contributed by atoms with van der Waals surface area (Å²) in [5, 5.41) is 14.9. The number of nitrogens with one attached hydrogen (secondary N) is 1. The Morgan fingerprint density at radius 3 is 2.10 bits per heavy atom. The van der Waals surface area contributed by atoms with Crippen LogP contribution < -0.4 is 5.32 Å². The summed E-state index contributed by atoms with van der Waals surface area (Å²) in [5.74, 6) is 0.421. The van der Waals surface area contributed by atoms with E-state index in [1.807, 2.05) is 90.4 Å². The first-order valence-electron chi connectivity index (χ1n) is 9.65. The molecule has 0 unspecified atom stereocenters. The van der Waals surface area contributed by atoms with Crippen molar-refractivity contribution in [2.45, 2.75) is 26.0 Å². The van der Waals surface area contributed by atoms with Crippen molar-refractivity contribution in [2.24, 2.45) is 0 Å². The second-order valence-electron chi connectivity index (χ2n) is 7.01. The van der Waals surface area contributed by atoms with Crippen LogP contribution in [0.2, 0.25) is 0 Å². The van der Waals surface area contributed by atoms with Crippen LogP contribution in [0, 0.1) is 0 Å². The van der Waals surface area contributed by atoms with Crippen molar-refractivity contribution in [1.29, 1.82) is 0 Å². The van der Waals surface area contributed by atoms with Crippen molar-refractivity contribution in [1.82, 2.24) is 9.55 Å². The molecule has 1 aromatic heterocycles. The molecule has 0 aliphatic rings. The highest BCUT2D eigenvalue weighted by Gasteiger charge is 2.38. The quantitative estimate of drug-likeness (QED) is 0.538. The molecule has 0 radical (unpaired) electrons. The Labute approximate surface area is 169 Å². The van der Waals surface area contributed by atoms with Gasteiger partial charge in [0.2, 0.25) is 5.91 Å². The molecule has 1 amide bonds. The van der Waals surface area contributed by atoms with Crippen molar-refractivity contribution in [3.63, 3.8) is 0 Å². The van der Waals surface area contributed by atoms with Gasteiger partial charge in [0, 0.05) is 19.2 Å². The van der Waals surface area contributed by atoms with Gasteiger partial charge in [0.05, 0.1) is 11.0 Å². The van der Waals surface area contributed by atoms with Gasteiger partial charge >= 0.3 is 0 Å². The lowest BCUT2D eigenvalue weighted by Gasteiger charge is -2.29. The average Bonchev–Trinajstić information content (AvgIpc) is 3.12. The number of aliphatic hydroxyl groups is 1. The van der Waals surface area contributed by atoms with Crippen LogP contribution in [0.3, 0.4) is 0 Å². The van der Waals surface area contributed by atoms with Gasteiger partial charge in [0.25, 0.3) is 0 Å². The van der Waals surface area contributed by atoms with E-state index in [1.54, 1.807) is 0 Å². The summed E-state index contributed by atoms with van der Waals surface area (Å²) in [6.07, 6.45) is 0. The molecule has 1 heterocycles. The number of aromatic nitrogens is 2. The van der Waals surface area contributed by atoms with Crippen LogP contribution in [0.25, 0.3) is 11.0 Å². The monoisotopic (exact) mass is 385 g/mol. The summed E-state index contributed by atoms with van der Waals surface area (Å²) in [6, 6.07) is 24.7. The first-order chi connectivity index (χ1) is 14.0. The van der Waals surface area contributed by atoms with Crippen LogP contribution in [0.4, 0.5) is 5.69 Å². The van der Waals surface area contributed by atoms with Gasteiger partial charge in [-0.05, 0) is 36.2 Å². The van der Waals surface area contributed by atoms with Gasteiger partial charge in [0.15, 0.2) is 11.4 Å². The van der Waals surface area contributed by atoms with E-state index in [0.717, 1.165) is 22.2 Å². The van der Waals surface area contributed by atoms with E-state index in [1.165, 1.54) is 6.92 Å². The first kappa shape index (κ1) is 18.9. The van der Waals surface area contributed by atoms with Crippen LogP contribution in [-0.4, -0.2) is 20.6 Å². The zero-order valence-corrected chi connectivity index (χ0v) is 16.5. The maximum absolute atomic E-state index is 12.1. The number of fused-ring (bicyclic) bond motifs is 1. The summed E-state index contributed by atoms with van der Waals surface area (Å²) < 4.78 is 2.00. The van der Waals surface area contributed by atoms with Gasteiger partial charge in [-0.1, -0.05) is 60.7 Å². The first-order valence-corrected chi connectivity index (χ1v) is 9.65. The minimum Gasteiger partial charge on any atom is -0.373 e. The van der Waals surface area contributed by atoms with Gasteiger partial charge < -0.3 is 15.0 Å². The Balaban J connectivity index is 1.99. The average molecular weight is 385 g/mol. The fourth-order valence-electron chi connectivity index (χ4n) is 3.78. The smallest absolute Gasteiger partial charge is 0.221 e. The van der Waals surface area contributed by atoms with Gasteiger partial charge in [-0.25, -0.2) is 4.98 Å². The van der Waals surface area contributed by atoms with Crippen LogP contribution in [0.15, 0.2) is 78.9 Å². The highest BCUT2D eigenvalue weighted by atomic mass is 16.3. The molecule has 5 heteroatoms. The maximum Gasteiger partial charge on any atom is 0.221 e. The van der Waals surface area contributed by atoms with E-state index in [-0.39, 0.29) is 5.91 Å². The molecule has 146 valence electrons. The van der Waals surface area contributed by atoms with Gasteiger partial charge in [0.1, 0.15) is 0 Å². The van der Waals surface area contributed by atoms with Crippen LogP contribution in [0.1, 0.15) is 30.8 Å². The summed E-state index contributed by atoms with van der Waals surface area (Å²) in [7, 11) is 0. The molecule has 0 bridgehead atoms. The number of carbonyl (C=O) groups is 1. The Hall–Kier alpha value is -3.44. The number of hydrogen-bond acceptors (Lipinski definition) is 3. The van der Waals surface area contributed by atoms with Crippen molar-refractivity contribution < 1.29 is 9.90 Å². The SMILES string of the molecule is CCn1c(C(O)(c2ccccc2)c2ccccc2)nc2ccc(NC(C)=O)cc21. The summed E-state index contributed by atoms with van der Waals surface area (Å²) >= 11 is 0. The predicted octanol–water partition coefficient (Wildman–Crippen LogP) is 4.30. The Bertz CT molecular complexity index is 1110. The molecule has 29 heavy (non-hydrogen) atoms. The third-order valence-corrected chi connectivity index (χ3v) is 5.09. The minimum atomic E-state index is -1.41. The predicted molar refractivity (Wildman–Crippen MR) is 115 cm³/mol. The number of benzene rings is 3. The summed E-state index contributed by atoms with van der Waals surface area (Å²) in [4.78, 5) is 16.3. The van der Waals surface area contributed by atoms with E-state index in [9.17, 15) is 9.90 Å². The second kappa shape index (κ2) is 7.53. The van der Waals surface area contributed by atoms with Gasteiger partial charge in [-0.15, -0.1) is 0 Å². The van der Waals surface area contributed by atoms with E-state index in [2.05, 4.69) is 5.32 Å². The molecule has 0 aliphatic carbocycles. The fraction of sp³-hybridized carbons (Fsp3) is 0.167. The van der Waals surface area contributed by atoms with Gasteiger partial charge in [-0.2, -0.15) is 0 Å². The van der Waals surface area contributed by atoms with E-state index in [0.29, 0.717) is 18.1 Å². The third-order valence-electron chi connectivity index (χ3n) is 5.09. The molecule has 4 rings (SSSR count). The summed E-state index contributed by atoms with van der Waals surface area (Å²) in [6.45, 7) is 4.12. The second-order valence-corrected chi connectivity index (χ2v) is 7.01. The van der Waals surface area contributed by atoms with Crippen molar-refractivity contribution in [3.8, 4) is 0 Å². The number of aryl methyl sites for hydroxylation is 1. The molecule has 0 atom stereocenters. The molecule has 0 saturated heterocycles. The van der Waals surface area contributed by atoms with Crippen LogP contribution >= 0.6 is 0 Å². The zero-order chi connectivity index (χ0) is 20.4. The van der Waals surface area contributed by atoms with Crippen molar-refractivity contribution >= 4 is 22.6 Å². The molecular weight excluding hydrogens is 362 g/mol. The Morgan fingerprint density at radius 2 is 1.59 bits per heavy atom. The Morgan fingerprint density at radius 1 is 1.00 bits per heavy atom. The summed E-state index contributed by atoms with van der Waals surface area (Å²) in [5.41, 5.74) is 2.41. The molecule has 0 saturated carbocycles. The maximum atomic E-state index is 12.1. The lowest BCUT2D eigenvalue weighted by molar-refractivity contribution is -0.114. The van der Waals surface area contributed by atoms with E-state index >= 15 is 0 Å².